The van der Waals surface area contributed by atoms with Crippen LogP contribution >= 0.6 is 0 Å². The average Bonchev–Trinajstić information content (AvgIpc) is 3.45. The van der Waals surface area contributed by atoms with Crippen LogP contribution in [0.3, 0.4) is 0 Å². The van der Waals surface area contributed by atoms with Crippen LogP contribution in [0, 0.1) is 17.7 Å². The van der Waals surface area contributed by atoms with Gasteiger partial charge in [-0.2, -0.15) is 0 Å². The number of benzene rings is 2. The van der Waals surface area contributed by atoms with Crippen LogP contribution in [0.15, 0.2) is 55.2 Å². The molecule has 0 saturated carbocycles. The predicted octanol–water partition coefficient (Wildman–Crippen LogP) is 3.02. The van der Waals surface area contributed by atoms with Crippen molar-refractivity contribution in [3.8, 4) is 17.6 Å². The minimum Gasteiger partial charge on any atom is -0.496 e. The molecule has 10 heteroatoms. The van der Waals surface area contributed by atoms with Crippen molar-refractivity contribution in [1.82, 2.24) is 25.4 Å². The van der Waals surface area contributed by atoms with Crippen molar-refractivity contribution >= 4 is 23.9 Å². The molecule has 3 aliphatic rings. The molecule has 9 nitrogen and oxygen atoms in total. The fourth-order valence-electron chi connectivity index (χ4n) is 5.71. The number of imide groups is 1. The maximum Gasteiger partial charge on any atom is 0.323 e. The Labute approximate surface area is 242 Å². The van der Waals surface area contributed by atoms with Gasteiger partial charge in [0, 0.05) is 43.5 Å². The number of nitrogens with zero attached hydrogens (tertiary/aromatic N) is 3. The van der Waals surface area contributed by atoms with Crippen molar-refractivity contribution in [2.24, 2.45) is 0 Å². The first-order valence-corrected chi connectivity index (χ1v) is 13.5. The molecule has 4 heterocycles. The van der Waals surface area contributed by atoms with E-state index >= 15 is 0 Å². The number of ether oxygens (including phenoxy) is 1. The summed E-state index contributed by atoms with van der Waals surface area (Å²) in [6, 6.07) is 11.5. The molecule has 42 heavy (non-hydrogen) atoms. The maximum absolute atomic E-state index is 13.7. The summed E-state index contributed by atoms with van der Waals surface area (Å²) in [5, 5.41) is 4.87. The second-order valence-corrected chi connectivity index (χ2v) is 10.6. The molecule has 2 aromatic carbocycles. The van der Waals surface area contributed by atoms with E-state index in [0.29, 0.717) is 35.5 Å². The van der Waals surface area contributed by atoms with Crippen molar-refractivity contribution in [2.75, 3.05) is 20.2 Å². The van der Waals surface area contributed by atoms with Crippen LogP contribution in [0.4, 0.5) is 9.18 Å². The number of nitrogens with one attached hydrogen (secondary N) is 2. The number of hydrogen-bond donors (Lipinski definition) is 2. The van der Waals surface area contributed by atoms with E-state index in [1.54, 1.807) is 36.5 Å². The highest BCUT2D eigenvalue weighted by molar-refractivity contribution is 6.10. The molecule has 1 saturated heterocycles. The van der Waals surface area contributed by atoms with Crippen LogP contribution < -0.4 is 15.4 Å². The van der Waals surface area contributed by atoms with Crippen LogP contribution in [-0.4, -0.2) is 58.4 Å². The number of methoxy groups -OCH3 is 1. The summed E-state index contributed by atoms with van der Waals surface area (Å²) < 4.78 is 19.1. The Morgan fingerprint density at radius 3 is 2.67 bits per heavy atom. The van der Waals surface area contributed by atoms with Gasteiger partial charge in [0.2, 0.25) is 5.54 Å². The molecule has 0 radical (unpaired) electrons. The Kier molecular flexibility index (Phi) is 6.96. The zero-order valence-corrected chi connectivity index (χ0v) is 23.0. The Morgan fingerprint density at radius 2 is 1.95 bits per heavy atom. The molecule has 212 valence electrons. The lowest BCUT2D eigenvalue weighted by atomic mass is 9.99. The Bertz CT molecular complexity index is 1690. The number of carbonyl (C=O) groups excluding carboxylic acids is 3. The third-order valence-corrected chi connectivity index (χ3v) is 7.84. The zero-order valence-electron chi connectivity index (χ0n) is 23.0. The summed E-state index contributed by atoms with van der Waals surface area (Å²) in [6.45, 7) is 6.00. The van der Waals surface area contributed by atoms with E-state index in [9.17, 15) is 18.8 Å². The molecular formula is C32H28FN5O4. The number of hydrogen-bond acceptors (Lipinski definition) is 6. The quantitative estimate of drug-likeness (QED) is 0.352. The predicted molar refractivity (Wildman–Crippen MR) is 153 cm³/mol. The fourth-order valence-corrected chi connectivity index (χ4v) is 5.71. The number of rotatable bonds is 6. The number of carbonyl (C=O) groups is 3. The average molecular weight is 566 g/mol. The molecule has 0 bridgehead atoms. The number of aromatic nitrogens is 1. The van der Waals surface area contributed by atoms with Crippen LogP contribution in [0.2, 0.25) is 0 Å². The van der Waals surface area contributed by atoms with Gasteiger partial charge in [-0.15, -0.1) is 0 Å². The van der Waals surface area contributed by atoms with Crippen molar-refractivity contribution in [2.45, 2.75) is 31.6 Å². The first-order chi connectivity index (χ1) is 20.3. The lowest BCUT2D eigenvalue weighted by Gasteiger charge is -2.28. The summed E-state index contributed by atoms with van der Waals surface area (Å²) in [5.41, 5.74) is 3.71. The van der Waals surface area contributed by atoms with E-state index in [1.807, 2.05) is 12.1 Å². The molecule has 2 N–H and O–H groups in total. The van der Waals surface area contributed by atoms with E-state index in [4.69, 9.17) is 4.74 Å². The standard InChI is InChI=1S/C32H28FN5O4/c1-3-26-27(42-2)9-6-22-17-38(29(39)28(22)26)19-32(30(40)35-31(41)36-32)12-10-20-4-8-25(34-15-20)18-37-13-11-21-5-7-24(33)14-23(21)16-37/h3-9,14-15H,1,11,13,16-19H2,2H3,(H2,35,36,40,41). The van der Waals surface area contributed by atoms with Crippen LogP contribution in [0.1, 0.15) is 43.9 Å². The molecule has 3 aliphatic heterocycles. The topological polar surface area (TPSA) is 104 Å². The third kappa shape index (κ3) is 4.99. The Balaban J connectivity index is 1.19. The van der Waals surface area contributed by atoms with Crippen LogP contribution in [-0.2, 0) is 30.8 Å². The third-order valence-electron chi connectivity index (χ3n) is 7.84. The summed E-state index contributed by atoms with van der Waals surface area (Å²) in [5.74, 6) is 5.24. The van der Waals surface area contributed by atoms with Gasteiger partial charge in [0.05, 0.1) is 24.9 Å². The minimum absolute atomic E-state index is 0.146. The molecule has 1 aromatic heterocycles. The highest BCUT2D eigenvalue weighted by Gasteiger charge is 2.48. The Hall–Kier alpha value is -5.01. The van der Waals surface area contributed by atoms with E-state index in [1.165, 1.54) is 23.6 Å². The first-order valence-electron chi connectivity index (χ1n) is 13.5. The highest BCUT2D eigenvalue weighted by Crippen LogP contribution is 2.34. The minimum atomic E-state index is -1.64. The highest BCUT2D eigenvalue weighted by atomic mass is 19.1. The van der Waals surface area contributed by atoms with E-state index < -0.39 is 17.5 Å². The summed E-state index contributed by atoms with van der Waals surface area (Å²) in [6.07, 6.45) is 4.03. The number of urea groups is 1. The summed E-state index contributed by atoms with van der Waals surface area (Å²) in [7, 11) is 1.52. The second kappa shape index (κ2) is 10.8. The van der Waals surface area contributed by atoms with Gasteiger partial charge in [-0.25, -0.2) is 9.18 Å². The maximum atomic E-state index is 13.7. The van der Waals surface area contributed by atoms with E-state index in [0.717, 1.165) is 29.8 Å². The number of pyridine rings is 1. The number of fused-ring (bicyclic) bond motifs is 2. The molecular weight excluding hydrogens is 537 g/mol. The lowest BCUT2D eigenvalue weighted by molar-refractivity contribution is -0.122. The first kappa shape index (κ1) is 27.2. The number of halogens is 1. The van der Waals surface area contributed by atoms with Crippen molar-refractivity contribution < 1.29 is 23.5 Å². The SMILES string of the molecule is C=Cc1c(OC)ccc2c1C(=O)N(CC1(C#Cc3ccc(CN4CCc5ccc(F)cc5C4)nc3)NC(=O)NC1=O)C2. The fraction of sp³-hybridized carbons (Fsp3) is 0.250. The monoisotopic (exact) mass is 565 g/mol. The largest absolute Gasteiger partial charge is 0.496 e. The van der Waals surface area contributed by atoms with Crippen molar-refractivity contribution in [3.63, 3.8) is 0 Å². The van der Waals surface area contributed by atoms with Gasteiger partial charge in [0.1, 0.15) is 11.6 Å². The molecule has 1 unspecified atom stereocenters. The van der Waals surface area contributed by atoms with Crippen molar-refractivity contribution in [3.05, 3.63) is 100 Å². The molecule has 0 spiro atoms. The van der Waals surface area contributed by atoms with Gasteiger partial charge in [-0.1, -0.05) is 36.6 Å². The molecule has 1 fully saturated rings. The zero-order chi connectivity index (χ0) is 29.4. The van der Waals surface area contributed by atoms with Crippen molar-refractivity contribution in [1.29, 1.82) is 0 Å². The molecule has 3 aromatic rings. The smallest absolute Gasteiger partial charge is 0.323 e. The normalized spacial score (nSPS) is 19.4. The van der Waals surface area contributed by atoms with Gasteiger partial charge < -0.3 is 15.0 Å². The molecule has 1 atom stereocenters. The second-order valence-electron chi connectivity index (χ2n) is 10.6. The van der Waals surface area contributed by atoms with Gasteiger partial charge in [-0.05, 0) is 53.4 Å². The lowest BCUT2D eigenvalue weighted by Crippen LogP contribution is -2.54. The van der Waals surface area contributed by atoms with E-state index in [2.05, 4.69) is 38.9 Å². The molecule has 0 aliphatic carbocycles. The molecule has 6 rings (SSSR count). The Morgan fingerprint density at radius 1 is 1.12 bits per heavy atom. The summed E-state index contributed by atoms with van der Waals surface area (Å²) in [4.78, 5) is 46.8. The van der Waals surface area contributed by atoms with Gasteiger partial charge in [0.25, 0.3) is 11.8 Å². The van der Waals surface area contributed by atoms with Gasteiger partial charge in [0.15, 0.2) is 0 Å². The van der Waals surface area contributed by atoms with E-state index in [-0.39, 0.29) is 24.8 Å². The summed E-state index contributed by atoms with van der Waals surface area (Å²) >= 11 is 0. The molecule has 4 amide bonds. The van der Waals surface area contributed by atoms with Crippen LogP contribution in [0.25, 0.3) is 6.08 Å². The van der Waals surface area contributed by atoms with Crippen LogP contribution in [0.5, 0.6) is 5.75 Å². The van der Waals surface area contributed by atoms with Gasteiger partial charge >= 0.3 is 6.03 Å². The van der Waals surface area contributed by atoms with Gasteiger partial charge in [-0.3, -0.25) is 24.8 Å². The number of amides is 4.